The largest absolute Gasteiger partial charge is 0.494 e. The fourth-order valence-electron chi connectivity index (χ4n) is 3.88. The van der Waals surface area contributed by atoms with Gasteiger partial charge in [0.2, 0.25) is 0 Å². The molecule has 1 aliphatic rings. The third-order valence-corrected chi connectivity index (χ3v) is 5.69. The molecule has 2 aromatic heterocycles. The third-order valence-electron chi connectivity index (χ3n) is 5.69. The maximum Gasteiger partial charge on any atom is 0.177 e. The normalized spacial score (nSPS) is 19.4. The summed E-state index contributed by atoms with van der Waals surface area (Å²) < 4.78 is 7.47. The summed E-state index contributed by atoms with van der Waals surface area (Å²) in [4.78, 5) is 4.93. The molecule has 0 bridgehead atoms. The van der Waals surface area contributed by atoms with E-state index < -0.39 is 0 Å². The van der Waals surface area contributed by atoms with Crippen LogP contribution in [0.15, 0.2) is 30.5 Å². The number of hydrogen-bond acceptors (Lipinski definition) is 6. The molecule has 7 heteroatoms. The van der Waals surface area contributed by atoms with Crippen molar-refractivity contribution in [3.63, 3.8) is 0 Å². The fraction of sp³-hybridized carbons (Fsp3) is 0.455. The van der Waals surface area contributed by atoms with E-state index in [4.69, 9.17) is 21.2 Å². The number of imidazole rings is 1. The van der Waals surface area contributed by atoms with Gasteiger partial charge in [-0.2, -0.15) is 0 Å². The maximum absolute atomic E-state index is 6.19. The van der Waals surface area contributed by atoms with E-state index in [2.05, 4.69) is 17.3 Å². The molecule has 0 atom stereocenters. The van der Waals surface area contributed by atoms with Crippen molar-refractivity contribution in [2.45, 2.75) is 57.9 Å². The van der Waals surface area contributed by atoms with E-state index in [9.17, 15) is 0 Å². The molecular formula is C22H30N6O. The molecule has 1 aromatic carbocycles. The van der Waals surface area contributed by atoms with Gasteiger partial charge < -0.3 is 21.5 Å². The van der Waals surface area contributed by atoms with E-state index >= 15 is 0 Å². The summed E-state index contributed by atoms with van der Waals surface area (Å²) in [6.07, 6.45) is 7.24. The highest BCUT2D eigenvalue weighted by atomic mass is 16.5. The number of rotatable bonds is 6. The van der Waals surface area contributed by atoms with E-state index in [1.54, 1.807) is 4.52 Å². The lowest BCUT2D eigenvalue weighted by atomic mass is 9.85. The highest BCUT2D eigenvalue weighted by Crippen LogP contribution is 2.34. The molecule has 1 saturated carbocycles. The number of benzene rings is 1. The molecule has 154 valence electrons. The monoisotopic (exact) mass is 394 g/mol. The first-order valence-corrected chi connectivity index (χ1v) is 10.5. The lowest BCUT2D eigenvalue weighted by molar-refractivity contribution is 0.317. The lowest BCUT2D eigenvalue weighted by Gasteiger charge is -2.24. The molecule has 4 rings (SSSR count). The second kappa shape index (κ2) is 8.29. The van der Waals surface area contributed by atoms with Crippen molar-refractivity contribution >= 4 is 22.8 Å². The van der Waals surface area contributed by atoms with Crippen LogP contribution >= 0.6 is 0 Å². The lowest BCUT2D eigenvalue weighted by Crippen LogP contribution is -2.25. The Morgan fingerprint density at radius 2 is 1.90 bits per heavy atom. The van der Waals surface area contributed by atoms with Gasteiger partial charge in [-0.25, -0.2) is 9.50 Å². The minimum absolute atomic E-state index is 0.320. The van der Waals surface area contributed by atoms with E-state index in [1.807, 2.05) is 37.4 Å². The average Bonchev–Trinajstić information content (AvgIpc) is 3.15. The van der Waals surface area contributed by atoms with Gasteiger partial charge in [0, 0.05) is 23.2 Å². The van der Waals surface area contributed by atoms with E-state index in [1.165, 1.54) is 0 Å². The minimum Gasteiger partial charge on any atom is -0.494 e. The van der Waals surface area contributed by atoms with E-state index in [0.717, 1.165) is 72.7 Å². The van der Waals surface area contributed by atoms with Gasteiger partial charge >= 0.3 is 0 Å². The van der Waals surface area contributed by atoms with Crippen LogP contribution in [0.3, 0.4) is 0 Å². The molecule has 5 N–H and O–H groups in total. The van der Waals surface area contributed by atoms with Gasteiger partial charge in [0.15, 0.2) is 5.65 Å². The number of ether oxygens (including phenoxy) is 1. The number of nitrogens with one attached hydrogen (secondary N) is 1. The van der Waals surface area contributed by atoms with Gasteiger partial charge in [0.25, 0.3) is 0 Å². The van der Waals surface area contributed by atoms with Gasteiger partial charge in [0.1, 0.15) is 11.6 Å². The number of anilines is 3. The SMILES string of the molecule is CCCOc1ccc(Nc2c(C)c(N)nn3cc([C@H]4CC[C@H](N)CC4)nc23)cc1. The van der Waals surface area contributed by atoms with Gasteiger partial charge in [0.05, 0.1) is 24.2 Å². The Labute approximate surface area is 171 Å². The van der Waals surface area contributed by atoms with Crippen molar-refractivity contribution in [2.75, 3.05) is 17.7 Å². The molecule has 0 spiro atoms. The van der Waals surface area contributed by atoms with Gasteiger partial charge in [-0.1, -0.05) is 6.92 Å². The molecule has 0 saturated heterocycles. The summed E-state index contributed by atoms with van der Waals surface area (Å²) in [5.74, 6) is 1.80. The summed E-state index contributed by atoms with van der Waals surface area (Å²) >= 11 is 0. The topological polar surface area (TPSA) is 103 Å². The van der Waals surface area contributed by atoms with Crippen LogP contribution in [0, 0.1) is 6.92 Å². The first-order valence-electron chi connectivity index (χ1n) is 10.5. The van der Waals surface area contributed by atoms with Gasteiger partial charge in [-0.15, -0.1) is 5.10 Å². The molecule has 3 aromatic rings. The molecule has 0 amide bonds. The Hall–Kier alpha value is -2.80. The number of nitrogens with zero attached hydrogens (tertiary/aromatic N) is 3. The number of aromatic nitrogens is 3. The highest BCUT2D eigenvalue weighted by molar-refractivity contribution is 5.80. The first kappa shape index (κ1) is 19.5. The molecule has 1 aliphatic carbocycles. The Morgan fingerprint density at radius 1 is 1.17 bits per heavy atom. The molecular weight excluding hydrogens is 364 g/mol. The fourth-order valence-corrected chi connectivity index (χ4v) is 3.88. The van der Waals surface area contributed by atoms with Gasteiger partial charge in [-0.3, -0.25) is 0 Å². The molecule has 7 nitrogen and oxygen atoms in total. The van der Waals surface area contributed by atoms with E-state index in [-0.39, 0.29) is 0 Å². The Balaban J connectivity index is 1.63. The van der Waals surface area contributed by atoms with E-state index in [0.29, 0.717) is 17.8 Å². The first-order chi connectivity index (χ1) is 14.0. The summed E-state index contributed by atoms with van der Waals surface area (Å²) in [5, 5.41) is 7.99. The Bertz CT molecular complexity index is 973. The van der Waals surface area contributed by atoms with Crippen LogP contribution in [-0.2, 0) is 0 Å². The smallest absolute Gasteiger partial charge is 0.177 e. The van der Waals surface area contributed by atoms with Crippen molar-refractivity contribution in [3.05, 3.63) is 41.7 Å². The zero-order valence-electron chi connectivity index (χ0n) is 17.2. The zero-order valence-corrected chi connectivity index (χ0v) is 17.2. The van der Waals surface area contributed by atoms with Crippen LogP contribution in [0.2, 0.25) is 0 Å². The van der Waals surface area contributed by atoms with Crippen LogP contribution in [0.1, 0.15) is 56.2 Å². The quantitative estimate of drug-likeness (QED) is 0.581. The minimum atomic E-state index is 0.320. The third kappa shape index (κ3) is 4.15. The molecule has 0 aliphatic heterocycles. The Morgan fingerprint density at radius 3 is 2.59 bits per heavy atom. The van der Waals surface area contributed by atoms with Crippen molar-refractivity contribution < 1.29 is 4.74 Å². The average molecular weight is 395 g/mol. The van der Waals surface area contributed by atoms with Crippen LogP contribution in [-0.4, -0.2) is 27.2 Å². The van der Waals surface area contributed by atoms with Crippen molar-refractivity contribution in [1.82, 2.24) is 14.6 Å². The zero-order chi connectivity index (χ0) is 20.4. The van der Waals surface area contributed by atoms with Crippen LogP contribution in [0.4, 0.5) is 17.2 Å². The predicted octanol–water partition coefficient (Wildman–Crippen LogP) is 4.14. The van der Waals surface area contributed by atoms with Crippen LogP contribution < -0.4 is 21.5 Å². The van der Waals surface area contributed by atoms with Crippen molar-refractivity contribution in [1.29, 1.82) is 0 Å². The number of fused-ring (bicyclic) bond motifs is 1. The van der Waals surface area contributed by atoms with Crippen LogP contribution in [0.25, 0.3) is 5.65 Å². The molecule has 0 radical (unpaired) electrons. The van der Waals surface area contributed by atoms with Crippen molar-refractivity contribution in [2.24, 2.45) is 5.73 Å². The predicted molar refractivity (Wildman–Crippen MR) is 117 cm³/mol. The molecule has 1 fully saturated rings. The number of nitrogen functional groups attached to an aromatic ring is 1. The molecule has 29 heavy (non-hydrogen) atoms. The van der Waals surface area contributed by atoms with Crippen molar-refractivity contribution in [3.8, 4) is 5.75 Å². The second-order valence-corrected chi connectivity index (χ2v) is 7.93. The summed E-state index contributed by atoms with van der Waals surface area (Å²) in [6.45, 7) is 4.78. The van der Waals surface area contributed by atoms with Gasteiger partial charge in [-0.05, 0) is 63.3 Å². The Kier molecular flexibility index (Phi) is 5.58. The van der Waals surface area contributed by atoms with Crippen LogP contribution in [0.5, 0.6) is 5.75 Å². The molecule has 2 heterocycles. The summed E-state index contributed by atoms with van der Waals surface area (Å²) in [7, 11) is 0. The number of hydrogen-bond donors (Lipinski definition) is 3. The second-order valence-electron chi connectivity index (χ2n) is 7.93. The standard InChI is InChI=1S/C22H30N6O/c1-3-12-29-18-10-8-17(9-11-18)25-20-14(2)21(24)27-28-13-19(26-22(20)28)15-4-6-16(23)7-5-15/h8-11,13,15-16,25H,3-7,12,23H2,1-2H3,(H2,24,27)/t15-,16-. The summed E-state index contributed by atoms with van der Waals surface area (Å²) in [5.41, 5.74) is 16.9. The summed E-state index contributed by atoms with van der Waals surface area (Å²) in [6, 6.07) is 8.27. The molecule has 0 unspecified atom stereocenters. The number of nitrogens with two attached hydrogens (primary N) is 2. The highest BCUT2D eigenvalue weighted by Gasteiger charge is 2.23. The maximum atomic E-state index is 6.19.